The van der Waals surface area contributed by atoms with Gasteiger partial charge in [-0.3, -0.25) is 9.59 Å². The molecule has 1 aromatic carbocycles. The lowest BCUT2D eigenvalue weighted by molar-refractivity contribution is -0.126. The van der Waals surface area contributed by atoms with Gasteiger partial charge in [-0.25, -0.2) is 4.39 Å². The Labute approximate surface area is 129 Å². The van der Waals surface area contributed by atoms with Crippen molar-refractivity contribution < 1.29 is 14.0 Å². The number of nitrogens with two attached hydrogens (primary N) is 1. The Morgan fingerprint density at radius 2 is 2.09 bits per heavy atom. The van der Waals surface area contributed by atoms with Crippen LogP contribution in [0.25, 0.3) is 0 Å². The van der Waals surface area contributed by atoms with Crippen LogP contribution in [0.1, 0.15) is 24.8 Å². The van der Waals surface area contributed by atoms with Crippen LogP contribution in [0.4, 0.5) is 4.39 Å². The lowest BCUT2D eigenvalue weighted by Gasteiger charge is -2.19. The molecule has 1 saturated carbocycles. The first-order valence-corrected chi connectivity index (χ1v) is 7.59. The lowest BCUT2D eigenvalue weighted by Crippen LogP contribution is -2.44. The summed E-state index contributed by atoms with van der Waals surface area (Å²) in [4.78, 5) is 23.6. The van der Waals surface area contributed by atoms with Crippen LogP contribution < -0.4 is 16.4 Å². The van der Waals surface area contributed by atoms with Crippen molar-refractivity contribution in [3.8, 4) is 0 Å². The first-order valence-electron chi connectivity index (χ1n) is 7.59. The third-order valence-electron chi connectivity index (χ3n) is 4.01. The largest absolute Gasteiger partial charge is 0.352 e. The Balaban J connectivity index is 1.72. The number of benzene rings is 1. The van der Waals surface area contributed by atoms with Gasteiger partial charge in [0, 0.05) is 6.04 Å². The zero-order valence-electron chi connectivity index (χ0n) is 12.5. The van der Waals surface area contributed by atoms with E-state index < -0.39 is 0 Å². The first-order chi connectivity index (χ1) is 10.6. The average molecular weight is 307 g/mol. The molecule has 0 radical (unpaired) electrons. The Kier molecular flexibility index (Phi) is 5.89. The van der Waals surface area contributed by atoms with E-state index >= 15 is 0 Å². The van der Waals surface area contributed by atoms with Crippen LogP contribution in [-0.2, 0) is 16.0 Å². The van der Waals surface area contributed by atoms with Gasteiger partial charge in [-0.15, -0.1) is 0 Å². The summed E-state index contributed by atoms with van der Waals surface area (Å²) in [6, 6.07) is 5.97. The van der Waals surface area contributed by atoms with E-state index in [1.165, 1.54) is 12.1 Å². The molecule has 0 spiro atoms. The summed E-state index contributed by atoms with van der Waals surface area (Å²) in [5.74, 6) is -0.565. The molecule has 22 heavy (non-hydrogen) atoms. The van der Waals surface area contributed by atoms with Crippen molar-refractivity contribution in [2.24, 2.45) is 11.7 Å². The van der Waals surface area contributed by atoms with Crippen molar-refractivity contribution in [1.29, 1.82) is 0 Å². The second-order valence-electron chi connectivity index (χ2n) is 5.68. The van der Waals surface area contributed by atoms with Gasteiger partial charge in [-0.05, 0) is 43.0 Å². The van der Waals surface area contributed by atoms with Crippen molar-refractivity contribution in [3.63, 3.8) is 0 Å². The molecule has 5 nitrogen and oxygen atoms in total. The second kappa shape index (κ2) is 7.89. The van der Waals surface area contributed by atoms with Crippen LogP contribution in [-0.4, -0.2) is 30.9 Å². The lowest BCUT2D eigenvalue weighted by atomic mass is 10.0. The number of carbonyl (C=O) groups is 2. The van der Waals surface area contributed by atoms with Gasteiger partial charge in [0.15, 0.2) is 0 Å². The predicted molar refractivity (Wildman–Crippen MR) is 81.4 cm³/mol. The second-order valence-corrected chi connectivity index (χ2v) is 5.68. The van der Waals surface area contributed by atoms with E-state index in [0.717, 1.165) is 19.3 Å². The van der Waals surface area contributed by atoms with Crippen molar-refractivity contribution in [2.45, 2.75) is 31.7 Å². The molecule has 120 valence electrons. The predicted octanol–water partition coefficient (Wildman–Crippen LogP) is 0.728. The molecule has 4 N–H and O–H groups in total. The van der Waals surface area contributed by atoms with Crippen LogP contribution >= 0.6 is 0 Å². The van der Waals surface area contributed by atoms with Crippen molar-refractivity contribution in [1.82, 2.24) is 10.6 Å². The molecule has 2 atom stereocenters. The summed E-state index contributed by atoms with van der Waals surface area (Å²) < 4.78 is 13.0. The number of nitrogens with one attached hydrogen (secondary N) is 2. The first kappa shape index (κ1) is 16.4. The molecule has 0 aromatic heterocycles. The van der Waals surface area contributed by atoms with Crippen LogP contribution in [0.5, 0.6) is 0 Å². The Morgan fingerprint density at radius 1 is 1.27 bits per heavy atom. The van der Waals surface area contributed by atoms with E-state index in [2.05, 4.69) is 10.6 Å². The molecule has 0 heterocycles. The quantitative estimate of drug-likeness (QED) is 0.724. The van der Waals surface area contributed by atoms with Crippen LogP contribution in [0.3, 0.4) is 0 Å². The Bertz CT molecular complexity index is 536. The molecule has 1 aromatic rings. The van der Waals surface area contributed by atoms with E-state index in [1.54, 1.807) is 12.1 Å². The molecule has 0 bridgehead atoms. The highest BCUT2D eigenvalue weighted by Gasteiger charge is 2.27. The number of rotatable bonds is 6. The average Bonchev–Trinajstić information content (AvgIpc) is 2.92. The van der Waals surface area contributed by atoms with Gasteiger partial charge in [-0.1, -0.05) is 18.6 Å². The molecule has 1 fully saturated rings. The van der Waals surface area contributed by atoms with Gasteiger partial charge < -0.3 is 16.4 Å². The zero-order chi connectivity index (χ0) is 15.9. The third kappa shape index (κ3) is 4.80. The minimum Gasteiger partial charge on any atom is -0.352 e. The molecule has 1 aliphatic carbocycles. The van der Waals surface area contributed by atoms with Gasteiger partial charge in [0.25, 0.3) is 0 Å². The monoisotopic (exact) mass is 307 g/mol. The maximum Gasteiger partial charge on any atom is 0.239 e. The third-order valence-corrected chi connectivity index (χ3v) is 4.01. The van der Waals surface area contributed by atoms with Crippen LogP contribution in [0.2, 0.25) is 0 Å². The molecule has 2 amide bonds. The molecule has 2 unspecified atom stereocenters. The van der Waals surface area contributed by atoms with Crippen molar-refractivity contribution >= 4 is 11.8 Å². The van der Waals surface area contributed by atoms with E-state index in [0.29, 0.717) is 18.0 Å². The maximum absolute atomic E-state index is 13.0. The number of hydrogen-bond acceptors (Lipinski definition) is 3. The van der Waals surface area contributed by atoms with E-state index in [4.69, 9.17) is 5.73 Å². The van der Waals surface area contributed by atoms with Gasteiger partial charge in [0.05, 0.1) is 13.0 Å². The molecule has 1 aliphatic rings. The highest BCUT2D eigenvalue weighted by Crippen LogP contribution is 2.24. The molecule has 0 aliphatic heterocycles. The van der Waals surface area contributed by atoms with E-state index in [1.807, 2.05) is 0 Å². The van der Waals surface area contributed by atoms with Crippen molar-refractivity contribution in [2.75, 3.05) is 13.1 Å². The topological polar surface area (TPSA) is 84.2 Å². The standard InChI is InChI=1S/C16H22FN3O2/c17-13-5-1-3-11(7-13)8-15(21)19-10-16(22)20-14-6-2-4-12(14)9-18/h1,3,5,7,12,14H,2,4,6,8-10,18H2,(H,19,21)(H,20,22). The van der Waals surface area contributed by atoms with E-state index in [-0.39, 0.29) is 36.6 Å². The Hall–Kier alpha value is -1.95. The molecule has 6 heteroatoms. The molecule has 2 rings (SSSR count). The molecular formula is C16H22FN3O2. The van der Waals surface area contributed by atoms with Gasteiger partial charge >= 0.3 is 0 Å². The zero-order valence-corrected chi connectivity index (χ0v) is 12.5. The fourth-order valence-corrected chi connectivity index (χ4v) is 2.84. The summed E-state index contributed by atoms with van der Waals surface area (Å²) in [6.45, 7) is 0.499. The van der Waals surface area contributed by atoms with Crippen LogP contribution in [0.15, 0.2) is 24.3 Å². The van der Waals surface area contributed by atoms with Gasteiger partial charge in [0.2, 0.25) is 11.8 Å². The number of hydrogen-bond donors (Lipinski definition) is 3. The van der Waals surface area contributed by atoms with Crippen molar-refractivity contribution in [3.05, 3.63) is 35.6 Å². The minimum atomic E-state index is -0.378. The minimum absolute atomic E-state index is 0.0554. The maximum atomic E-state index is 13.0. The fraction of sp³-hybridized carbons (Fsp3) is 0.500. The SMILES string of the molecule is NCC1CCCC1NC(=O)CNC(=O)Cc1cccc(F)c1. The van der Waals surface area contributed by atoms with Crippen LogP contribution in [0, 0.1) is 11.7 Å². The summed E-state index contributed by atoms with van der Waals surface area (Å²) in [5, 5.41) is 5.47. The van der Waals surface area contributed by atoms with E-state index in [9.17, 15) is 14.0 Å². The Morgan fingerprint density at radius 3 is 2.82 bits per heavy atom. The molecular weight excluding hydrogens is 285 g/mol. The fourth-order valence-electron chi connectivity index (χ4n) is 2.84. The summed E-state index contributed by atoms with van der Waals surface area (Å²) in [7, 11) is 0. The number of carbonyl (C=O) groups excluding carboxylic acids is 2. The number of amides is 2. The van der Waals surface area contributed by atoms with Gasteiger partial charge in [-0.2, -0.15) is 0 Å². The summed E-state index contributed by atoms with van der Waals surface area (Å²) in [5.41, 5.74) is 6.25. The highest BCUT2D eigenvalue weighted by molar-refractivity contribution is 5.85. The highest BCUT2D eigenvalue weighted by atomic mass is 19.1. The molecule has 0 saturated heterocycles. The summed E-state index contributed by atoms with van der Waals surface area (Å²) >= 11 is 0. The number of halogens is 1. The smallest absolute Gasteiger partial charge is 0.239 e. The van der Waals surface area contributed by atoms with Gasteiger partial charge in [0.1, 0.15) is 5.82 Å². The normalized spacial score (nSPS) is 20.6. The summed E-state index contributed by atoms with van der Waals surface area (Å²) in [6.07, 6.45) is 3.09.